The van der Waals surface area contributed by atoms with Gasteiger partial charge in [0.25, 0.3) is 0 Å². The third kappa shape index (κ3) is 1.37. The first-order valence-electron chi connectivity index (χ1n) is 5.23. The molecule has 15 heavy (non-hydrogen) atoms. The normalized spacial score (nSPS) is 24.4. The molecular weight excluding hydrogens is 190 g/mol. The SMILES string of the molecule is O=C1C=C2N=NCC3=C2C(=NC1)CCC3. The summed E-state index contributed by atoms with van der Waals surface area (Å²) in [7, 11) is 0. The molecule has 0 aromatic carbocycles. The van der Waals surface area contributed by atoms with Crippen molar-refractivity contribution in [1.82, 2.24) is 0 Å². The van der Waals surface area contributed by atoms with Crippen molar-refractivity contribution in [2.45, 2.75) is 19.3 Å². The highest BCUT2D eigenvalue weighted by atomic mass is 16.1. The van der Waals surface area contributed by atoms with E-state index in [1.54, 1.807) is 6.08 Å². The maximum Gasteiger partial charge on any atom is 0.179 e. The largest absolute Gasteiger partial charge is 0.293 e. The summed E-state index contributed by atoms with van der Waals surface area (Å²) in [5.41, 5.74) is 4.21. The van der Waals surface area contributed by atoms with Crippen molar-refractivity contribution in [3.05, 3.63) is 22.9 Å². The summed E-state index contributed by atoms with van der Waals surface area (Å²) in [5, 5.41) is 8.12. The minimum Gasteiger partial charge on any atom is -0.293 e. The number of carbonyl (C=O) groups excluding carboxylic acids is 1. The molecule has 0 aromatic rings. The van der Waals surface area contributed by atoms with Gasteiger partial charge in [-0.15, -0.1) is 0 Å². The molecule has 3 rings (SSSR count). The number of carbonyl (C=O) groups is 1. The van der Waals surface area contributed by atoms with Crippen molar-refractivity contribution in [3.8, 4) is 0 Å². The van der Waals surface area contributed by atoms with Crippen molar-refractivity contribution in [2.24, 2.45) is 15.2 Å². The lowest BCUT2D eigenvalue weighted by Gasteiger charge is -2.22. The monoisotopic (exact) mass is 201 g/mol. The molecule has 2 aliphatic heterocycles. The molecule has 3 aliphatic rings. The fraction of sp³-hybridized carbons (Fsp3) is 0.455. The van der Waals surface area contributed by atoms with E-state index in [1.165, 1.54) is 5.57 Å². The van der Waals surface area contributed by atoms with Crippen LogP contribution in [0.4, 0.5) is 0 Å². The molecular formula is C11H11N3O. The summed E-state index contributed by atoms with van der Waals surface area (Å²) in [6.45, 7) is 0.949. The molecule has 76 valence electrons. The molecule has 4 heteroatoms. The van der Waals surface area contributed by atoms with Crippen LogP contribution in [-0.2, 0) is 4.79 Å². The van der Waals surface area contributed by atoms with Crippen molar-refractivity contribution >= 4 is 11.5 Å². The van der Waals surface area contributed by atoms with Crippen LogP contribution in [0.25, 0.3) is 0 Å². The molecule has 4 nitrogen and oxygen atoms in total. The van der Waals surface area contributed by atoms with E-state index in [2.05, 4.69) is 15.2 Å². The Labute approximate surface area is 87.5 Å². The van der Waals surface area contributed by atoms with Gasteiger partial charge in [0.2, 0.25) is 0 Å². The van der Waals surface area contributed by atoms with E-state index in [0.717, 1.165) is 36.2 Å². The van der Waals surface area contributed by atoms with Crippen LogP contribution in [-0.4, -0.2) is 24.6 Å². The number of rotatable bonds is 0. The third-order valence-electron chi connectivity index (χ3n) is 2.95. The summed E-state index contributed by atoms with van der Waals surface area (Å²) < 4.78 is 0. The van der Waals surface area contributed by atoms with Crippen LogP contribution >= 0.6 is 0 Å². The highest BCUT2D eigenvalue weighted by Gasteiger charge is 2.26. The van der Waals surface area contributed by atoms with Gasteiger partial charge in [0.15, 0.2) is 5.78 Å². The lowest BCUT2D eigenvalue weighted by Crippen LogP contribution is -2.16. The second-order valence-corrected chi connectivity index (χ2v) is 3.99. The molecule has 0 saturated carbocycles. The predicted molar refractivity (Wildman–Crippen MR) is 56.0 cm³/mol. The first kappa shape index (κ1) is 8.71. The fourth-order valence-corrected chi connectivity index (χ4v) is 2.29. The minimum atomic E-state index is 0.0274. The summed E-state index contributed by atoms with van der Waals surface area (Å²) in [6.07, 6.45) is 4.74. The summed E-state index contributed by atoms with van der Waals surface area (Å²) >= 11 is 0. The number of aliphatic imine (C=N–C) groups is 1. The molecule has 0 fully saturated rings. The first-order chi connectivity index (χ1) is 7.34. The maximum absolute atomic E-state index is 11.4. The second-order valence-electron chi connectivity index (χ2n) is 3.99. The standard InChI is InChI=1S/C11H11N3O/c15-8-4-10-11-7(5-13-14-10)2-1-3-9(11)12-6-8/h4H,1-3,5-6H2. The molecule has 0 radical (unpaired) electrons. The van der Waals surface area contributed by atoms with Crippen molar-refractivity contribution in [3.63, 3.8) is 0 Å². The first-order valence-corrected chi connectivity index (χ1v) is 5.23. The van der Waals surface area contributed by atoms with E-state index in [-0.39, 0.29) is 12.3 Å². The van der Waals surface area contributed by atoms with Gasteiger partial charge in [-0.1, -0.05) is 0 Å². The van der Waals surface area contributed by atoms with Gasteiger partial charge in [0.1, 0.15) is 6.54 Å². The van der Waals surface area contributed by atoms with Gasteiger partial charge in [-0.2, -0.15) is 10.2 Å². The average molecular weight is 201 g/mol. The van der Waals surface area contributed by atoms with Gasteiger partial charge in [0.05, 0.1) is 12.2 Å². The Morgan fingerprint density at radius 1 is 1.20 bits per heavy atom. The number of ketones is 1. The number of azo groups is 1. The smallest absolute Gasteiger partial charge is 0.179 e. The van der Waals surface area contributed by atoms with Crippen LogP contribution in [0.2, 0.25) is 0 Å². The molecule has 1 aliphatic carbocycles. The predicted octanol–water partition coefficient (Wildman–Crippen LogP) is 1.84. The molecule has 0 spiro atoms. The highest BCUT2D eigenvalue weighted by Crippen LogP contribution is 2.33. The molecule has 0 aromatic heterocycles. The van der Waals surface area contributed by atoms with E-state index in [0.29, 0.717) is 6.54 Å². The van der Waals surface area contributed by atoms with Crippen LogP contribution in [0.15, 0.2) is 38.1 Å². The molecule has 0 saturated heterocycles. The topological polar surface area (TPSA) is 54.1 Å². The zero-order valence-electron chi connectivity index (χ0n) is 8.36. The highest BCUT2D eigenvalue weighted by molar-refractivity contribution is 6.10. The van der Waals surface area contributed by atoms with Crippen molar-refractivity contribution in [1.29, 1.82) is 0 Å². The Hall–Kier alpha value is -1.58. The van der Waals surface area contributed by atoms with Crippen LogP contribution < -0.4 is 0 Å². The van der Waals surface area contributed by atoms with Gasteiger partial charge >= 0.3 is 0 Å². The molecule has 0 bridgehead atoms. The van der Waals surface area contributed by atoms with Crippen molar-refractivity contribution < 1.29 is 4.79 Å². The van der Waals surface area contributed by atoms with Crippen LogP contribution in [0.5, 0.6) is 0 Å². The fourth-order valence-electron chi connectivity index (χ4n) is 2.29. The zero-order chi connectivity index (χ0) is 10.3. The van der Waals surface area contributed by atoms with Gasteiger partial charge in [-0.3, -0.25) is 9.79 Å². The molecule has 2 heterocycles. The van der Waals surface area contributed by atoms with Crippen LogP contribution in [0.3, 0.4) is 0 Å². The Morgan fingerprint density at radius 3 is 3.07 bits per heavy atom. The van der Waals surface area contributed by atoms with E-state index >= 15 is 0 Å². The zero-order valence-corrected chi connectivity index (χ0v) is 8.36. The Kier molecular flexibility index (Phi) is 1.87. The van der Waals surface area contributed by atoms with E-state index in [4.69, 9.17) is 0 Å². The molecule has 0 amide bonds. The summed E-state index contributed by atoms with van der Waals surface area (Å²) in [6, 6.07) is 0. The number of nitrogens with zero attached hydrogens (tertiary/aromatic N) is 3. The minimum absolute atomic E-state index is 0.0274. The lowest BCUT2D eigenvalue weighted by molar-refractivity contribution is -0.113. The number of hydrogen-bond acceptors (Lipinski definition) is 4. The number of hydrogen-bond donors (Lipinski definition) is 0. The molecule has 0 atom stereocenters. The van der Waals surface area contributed by atoms with E-state index in [1.807, 2.05) is 0 Å². The third-order valence-corrected chi connectivity index (χ3v) is 2.95. The van der Waals surface area contributed by atoms with Gasteiger partial charge < -0.3 is 0 Å². The Morgan fingerprint density at radius 2 is 2.13 bits per heavy atom. The summed E-state index contributed by atoms with van der Waals surface area (Å²) in [4.78, 5) is 15.8. The number of allylic oxidation sites excluding steroid dienone is 1. The van der Waals surface area contributed by atoms with E-state index in [9.17, 15) is 4.79 Å². The summed E-state index contributed by atoms with van der Waals surface area (Å²) in [5.74, 6) is 0.0274. The average Bonchev–Trinajstić information content (AvgIpc) is 2.41. The van der Waals surface area contributed by atoms with Gasteiger partial charge in [-0.05, 0) is 24.8 Å². The molecule has 0 unspecified atom stereocenters. The molecule has 0 N–H and O–H groups in total. The lowest BCUT2D eigenvalue weighted by atomic mass is 9.87. The quantitative estimate of drug-likeness (QED) is 0.590. The van der Waals surface area contributed by atoms with Gasteiger partial charge in [-0.25, -0.2) is 0 Å². The van der Waals surface area contributed by atoms with Crippen LogP contribution in [0, 0.1) is 0 Å². The van der Waals surface area contributed by atoms with Crippen LogP contribution in [0.1, 0.15) is 19.3 Å². The Balaban J connectivity index is 2.20. The Bertz CT molecular complexity index is 454. The maximum atomic E-state index is 11.4. The van der Waals surface area contributed by atoms with Gasteiger partial charge in [0, 0.05) is 17.4 Å². The second kappa shape index (κ2) is 3.22. The van der Waals surface area contributed by atoms with Crippen molar-refractivity contribution in [2.75, 3.05) is 13.1 Å². The van der Waals surface area contributed by atoms with E-state index < -0.39 is 0 Å².